The summed E-state index contributed by atoms with van der Waals surface area (Å²) in [5, 5.41) is 5.55. The van der Waals surface area contributed by atoms with Gasteiger partial charge in [-0.25, -0.2) is 4.68 Å². The first-order valence-electron chi connectivity index (χ1n) is 11.3. The van der Waals surface area contributed by atoms with Crippen molar-refractivity contribution in [2.75, 3.05) is 23.0 Å². The van der Waals surface area contributed by atoms with Crippen molar-refractivity contribution in [3.8, 4) is 11.4 Å². The number of nitrogens with zero attached hydrogens (tertiary/aromatic N) is 2. The Morgan fingerprint density at radius 3 is 2.31 bits per heavy atom. The highest BCUT2D eigenvalue weighted by Gasteiger charge is 2.18. The molecule has 0 saturated carbocycles. The van der Waals surface area contributed by atoms with Crippen LogP contribution in [-0.4, -0.2) is 33.5 Å². The summed E-state index contributed by atoms with van der Waals surface area (Å²) in [7, 11) is 1.78. The Kier molecular flexibility index (Phi) is 7.92. The van der Waals surface area contributed by atoms with Crippen LogP contribution in [0.15, 0.2) is 94.6 Å². The van der Waals surface area contributed by atoms with Crippen LogP contribution >= 0.6 is 11.8 Å². The number of benzene rings is 3. The van der Waals surface area contributed by atoms with E-state index >= 15 is 0 Å². The largest absolute Gasteiger partial charge is 0.484 e. The van der Waals surface area contributed by atoms with Crippen LogP contribution in [-0.2, 0) is 16.6 Å². The molecule has 0 bridgehead atoms. The number of para-hydroxylation sites is 2. The van der Waals surface area contributed by atoms with Gasteiger partial charge in [-0.3, -0.25) is 19.1 Å². The maximum absolute atomic E-state index is 13.0. The maximum Gasteiger partial charge on any atom is 0.295 e. The third-order valence-corrected chi connectivity index (χ3v) is 6.41. The molecule has 0 fully saturated rings. The average Bonchev–Trinajstić information content (AvgIpc) is 3.10. The van der Waals surface area contributed by atoms with Gasteiger partial charge in [0.15, 0.2) is 6.61 Å². The van der Waals surface area contributed by atoms with E-state index in [9.17, 15) is 14.4 Å². The number of ether oxygens (including phenoxy) is 1. The second-order valence-electron chi connectivity index (χ2n) is 7.95. The number of thioether (sulfide) groups is 1. The molecule has 0 aliphatic carbocycles. The van der Waals surface area contributed by atoms with Crippen LogP contribution in [0.2, 0.25) is 0 Å². The van der Waals surface area contributed by atoms with Crippen molar-refractivity contribution in [3.63, 3.8) is 0 Å². The van der Waals surface area contributed by atoms with Gasteiger partial charge < -0.3 is 15.4 Å². The molecule has 1 aromatic heterocycles. The predicted octanol–water partition coefficient (Wildman–Crippen LogP) is 4.23. The number of anilines is 2. The summed E-state index contributed by atoms with van der Waals surface area (Å²) in [6, 6.07) is 25.6. The Hall–Kier alpha value is -4.24. The number of hydrogen-bond acceptors (Lipinski definition) is 5. The smallest absolute Gasteiger partial charge is 0.295 e. The summed E-state index contributed by atoms with van der Waals surface area (Å²) >= 11 is 1.31. The normalized spacial score (nSPS) is 10.6. The number of carbonyl (C=O) groups is 2. The highest BCUT2D eigenvalue weighted by Crippen LogP contribution is 2.22. The summed E-state index contributed by atoms with van der Waals surface area (Å²) in [6.45, 7) is 1.68. The van der Waals surface area contributed by atoms with E-state index in [1.165, 1.54) is 16.4 Å². The fourth-order valence-corrected chi connectivity index (χ4v) is 4.32. The fraction of sp³-hybridized carbons (Fsp3) is 0.148. The van der Waals surface area contributed by atoms with E-state index in [0.29, 0.717) is 17.1 Å². The molecule has 2 amide bonds. The molecule has 9 heteroatoms. The molecule has 0 radical (unpaired) electrons. The molecule has 0 aliphatic rings. The van der Waals surface area contributed by atoms with E-state index in [0.717, 1.165) is 10.6 Å². The third-order valence-electron chi connectivity index (χ3n) is 5.42. The number of rotatable bonds is 9. The van der Waals surface area contributed by atoms with Crippen LogP contribution in [0.1, 0.15) is 5.69 Å². The summed E-state index contributed by atoms with van der Waals surface area (Å²) < 4.78 is 8.70. The van der Waals surface area contributed by atoms with Crippen LogP contribution in [0.4, 0.5) is 11.4 Å². The van der Waals surface area contributed by atoms with Gasteiger partial charge in [-0.05, 0) is 49.4 Å². The molecule has 3 aromatic carbocycles. The van der Waals surface area contributed by atoms with Crippen molar-refractivity contribution >= 4 is 35.0 Å². The van der Waals surface area contributed by atoms with Crippen LogP contribution < -0.4 is 20.9 Å². The van der Waals surface area contributed by atoms with Crippen molar-refractivity contribution in [1.82, 2.24) is 9.36 Å². The lowest BCUT2D eigenvalue weighted by Crippen LogP contribution is -2.23. The van der Waals surface area contributed by atoms with Crippen LogP contribution in [0, 0.1) is 6.92 Å². The minimum atomic E-state index is -0.295. The Morgan fingerprint density at radius 1 is 0.889 bits per heavy atom. The van der Waals surface area contributed by atoms with Crippen molar-refractivity contribution in [2.45, 2.75) is 11.8 Å². The maximum atomic E-state index is 13.0. The predicted molar refractivity (Wildman–Crippen MR) is 142 cm³/mol. The Bertz CT molecular complexity index is 1410. The standard InChI is InChI=1S/C27H26N4O4S/c1-19-26(27(34)31(30(19)2)21-11-5-3-6-12-21)29-25(33)18-36-23-15-9-10-20(16-23)28-24(32)17-35-22-13-7-4-8-14-22/h3-16H,17-18H2,1-2H3,(H,28,32)(H,29,33). The third kappa shape index (κ3) is 6.05. The lowest BCUT2D eigenvalue weighted by Gasteiger charge is -2.09. The molecule has 0 aliphatic heterocycles. The molecule has 8 nitrogen and oxygen atoms in total. The molecule has 0 atom stereocenters. The second kappa shape index (κ2) is 11.5. The molecule has 4 aromatic rings. The van der Waals surface area contributed by atoms with Gasteiger partial charge in [-0.15, -0.1) is 11.8 Å². The highest BCUT2D eigenvalue weighted by molar-refractivity contribution is 8.00. The van der Waals surface area contributed by atoms with Gasteiger partial charge >= 0.3 is 0 Å². The molecular formula is C27H26N4O4S. The minimum absolute atomic E-state index is 0.105. The quantitative estimate of drug-likeness (QED) is 0.334. The minimum Gasteiger partial charge on any atom is -0.484 e. The molecule has 0 unspecified atom stereocenters. The molecule has 4 rings (SSSR count). The van der Waals surface area contributed by atoms with Crippen molar-refractivity contribution in [2.24, 2.45) is 7.05 Å². The van der Waals surface area contributed by atoms with E-state index in [1.807, 2.05) is 54.6 Å². The lowest BCUT2D eigenvalue weighted by molar-refractivity contribution is -0.118. The van der Waals surface area contributed by atoms with Gasteiger partial charge in [0.25, 0.3) is 11.5 Å². The second-order valence-corrected chi connectivity index (χ2v) is 9.00. The zero-order valence-corrected chi connectivity index (χ0v) is 20.7. The molecule has 0 spiro atoms. The summed E-state index contributed by atoms with van der Waals surface area (Å²) in [5.74, 6) is 0.144. The van der Waals surface area contributed by atoms with Gasteiger partial charge in [-0.2, -0.15) is 0 Å². The highest BCUT2D eigenvalue weighted by atomic mass is 32.2. The zero-order chi connectivity index (χ0) is 25.5. The van der Waals surface area contributed by atoms with Crippen LogP contribution in [0.3, 0.4) is 0 Å². The number of carbonyl (C=O) groups excluding carboxylic acids is 2. The van der Waals surface area contributed by atoms with Gasteiger partial charge in [0.2, 0.25) is 5.91 Å². The van der Waals surface area contributed by atoms with Crippen LogP contribution in [0.5, 0.6) is 5.75 Å². The number of hydrogen-bond donors (Lipinski definition) is 2. The number of aromatic nitrogens is 2. The van der Waals surface area contributed by atoms with Crippen molar-refractivity contribution in [3.05, 3.63) is 101 Å². The monoisotopic (exact) mass is 502 g/mol. The van der Waals surface area contributed by atoms with Crippen LogP contribution in [0.25, 0.3) is 5.69 Å². The van der Waals surface area contributed by atoms with Gasteiger partial charge in [0.05, 0.1) is 17.1 Å². The fourth-order valence-electron chi connectivity index (χ4n) is 3.56. The van der Waals surface area contributed by atoms with Gasteiger partial charge in [0, 0.05) is 17.6 Å². The van der Waals surface area contributed by atoms with Crippen molar-refractivity contribution < 1.29 is 14.3 Å². The first-order valence-corrected chi connectivity index (χ1v) is 12.3. The Labute approximate surface area is 212 Å². The molecule has 2 N–H and O–H groups in total. The Balaban J connectivity index is 1.34. The molecule has 1 heterocycles. The first kappa shape index (κ1) is 24.9. The summed E-state index contributed by atoms with van der Waals surface area (Å²) in [5.41, 5.74) is 1.95. The Morgan fingerprint density at radius 2 is 1.58 bits per heavy atom. The van der Waals surface area contributed by atoms with E-state index < -0.39 is 0 Å². The summed E-state index contributed by atoms with van der Waals surface area (Å²) in [6.07, 6.45) is 0. The summed E-state index contributed by atoms with van der Waals surface area (Å²) in [4.78, 5) is 38.7. The van der Waals surface area contributed by atoms with E-state index in [4.69, 9.17) is 4.74 Å². The van der Waals surface area contributed by atoms with E-state index in [-0.39, 0.29) is 35.4 Å². The van der Waals surface area contributed by atoms with E-state index in [1.54, 1.807) is 49.0 Å². The average molecular weight is 503 g/mol. The number of nitrogens with one attached hydrogen (secondary N) is 2. The van der Waals surface area contributed by atoms with Crippen molar-refractivity contribution in [1.29, 1.82) is 0 Å². The first-order chi connectivity index (χ1) is 17.4. The van der Waals surface area contributed by atoms with Gasteiger partial charge in [0.1, 0.15) is 11.4 Å². The molecule has 36 heavy (non-hydrogen) atoms. The topological polar surface area (TPSA) is 94.4 Å². The number of amides is 2. The molecule has 184 valence electrons. The molecule has 0 saturated heterocycles. The lowest BCUT2D eigenvalue weighted by atomic mass is 10.3. The zero-order valence-electron chi connectivity index (χ0n) is 19.9. The van der Waals surface area contributed by atoms with Gasteiger partial charge in [-0.1, -0.05) is 42.5 Å². The SMILES string of the molecule is Cc1c(NC(=O)CSc2cccc(NC(=O)COc3ccccc3)c2)c(=O)n(-c2ccccc2)n1C. The molecular weight excluding hydrogens is 476 g/mol. The van der Waals surface area contributed by atoms with E-state index in [2.05, 4.69) is 10.6 Å².